The summed E-state index contributed by atoms with van der Waals surface area (Å²) in [6.45, 7) is 5.27. The summed E-state index contributed by atoms with van der Waals surface area (Å²) < 4.78 is 24.8. The SMILES string of the molecule is CC(C)N(C)CCNS(=O)(=O)CCCl. The summed E-state index contributed by atoms with van der Waals surface area (Å²) in [5.41, 5.74) is 0. The first-order chi connectivity index (χ1) is 6.39. The van der Waals surface area contributed by atoms with E-state index in [1.807, 2.05) is 7.05 Å². The standard InChI is InChI=1S/C8H19ClN2O2S/c1-8(2)11(3)6-5-10-14(12,13)7-4-9/h8,10H,4-7H2,1-3H3. The molecule has 0 aliphatic heterocycles. The van der Waals surface area contributed by atoms with Crippen LogP contribution in [0.4, 0.5) is 0 Å². The number of nitrogens with zero attached hydrogens (tertiary/aromatic N) is 1. The van der Waals surface area contributed by atoms with Crippen molar-refractivity contribution < 1.29 is 8.42 Å². The predicted octanol–water partition coefficient (Wildman–Crippen LogP) is 0.485. The summed E-state index contributed by atoms with van der Waals surface area (Å²) >= 11 is 5.35. The summed E-state index contributed by atoms with van der Waals surface area (Å²) in [6, 6.07) is 0.424. The van der Waals surface area contributed by atoms with Crippen LogP contribution in [-0.2, 0) is 10.0 Å². The molecule has 6 heteroatoms. The second-order valence-corrected chi connectivity index (χ2v) is 5.78. The average molecular weight is 243 g/mol. The fraction of sp³-hybridized carbons (Fsp3) is 1.00. The van der Waals surface area contributed by atoms with Crippen LogP contribution in [0.2, 0.25) is 0 Å². The van der Waals surface area contributed by atoms with Gasteiger partial charge in [0.15, 0.2) is 0 Å². The van der Waals surface area contributed by atoms with Crippen LogP contribution in [0.1, 0.15) is 13.8 Å². The van der Waals surface area contributed by atoms with E-state index < -0.39 is 10.0 Å². The third kappa shape index (κ3) is 6.59. The Morgan fingerprint density at radius 1 is 1.43 bits per heavy atom. The van der Waals surface area contributed by atoms with Crippen molar-refractivity contribution in [2.45, 2.75) is 19.9 Å². The maximum absolute atomic E-state index is 11.2. The Bertz CT molecular complexity index is 242. The first-order valence-corrected chi connectivity index (χ1v) is 6.81. The number of alkyl halides is 1. The minimum Gasteiger partial charge on any atom is -0.303 e. The monoisotopic (exact) mass is 242 g/mol. The summed E-state index contributed by atoms with van der Waals surface area (Å²) in [7, 11) is -1.20. The number of hydrogen-bond acceptors (Lipinski definition) is 3. The zero-order valence-corrected chi connectivity index (χ0v) is 10.5. The molecule has 4 nitrogen and oxygen atoms in total. The van der Waals surface area contributed by atoms with Crippen molar-refractivity contribution in [1.29, 1.82) is 0 Å². The Morgan fingerprint density at radius 2 is 2.00 bits per heavy atom. The highest BCUT2D eigenvalue weighted by Gasteiger charge is 2.09. The number of hydrogen-bond donors (Lipinski definition) is 1. The van der Waals surface area contributed by atoms with Gasteiger partial charge < -0.3 is 4.90 Å². The molecule has 0 aliphatic carbocycles. The molecule has 0 saturated heterocycles. The van der Waals surface area contributed by atoms with E-state index in [4.69, 9.17) is 11.6 Å². The normalized spacial score (nSPS) is 12.7. The number of halogens is 1. The van der Waals surface area contributed by atoms with Crippen LogP contribution in [0, 0.1) is 0 Å². The molecule has 86 valence electrons. The Balaban J connectivity index is 3.74. The van der Waals surface area contributed by atoms with Gasteiger partial charge in [-0.25, -0.2) is 13.1 Å². The molecule has 0 spiro atoms. The van der Waals surface area contributed by atoms with Gasteiger partial charge in [-0.1, -0.05) is 0 Å². The molecule has 0 bridgehead atoms. The smallest absolute Gasteiger partial charge is 0.212 e. The van der Waals surface area contributed by atoms with Gasteiger partial charge in [0, 0.05) is 25.0 Å². The summed E-state index contributed by atoms with van der Waals surface area (Å²) in [6.07, 6.45) is 0. The zero-order valence-electron chi connectivity index (χ0n) is 8.96. The minimum atomic E-state index is -3.16. The number of likely N-dealkylation sites (N-methyl/N-ethyl adjacent to an activating group) is 1. The second kappa shape index (κ2) is 6.61. The molecule has 0 amide bonds. The van der Waals surface area contributed by atoms with E-state index in [1.54, 1.807) is 0 Å². The molecule has 0 aromatic carbocycles. The molecule has 0 heterocycles. The van der Waals surface area contributed by atoms with Gasteiger partial charge in [-0.15, -0.1) is 11.6 Å². The Morgan fingerprint density at radius 3 is 2.43 bits per heavy atom. The summed E-state index contributed by atoms with van der Waals surface area (Å²) in [4.78, 5) is 2.07. The molecule has 0 fully saturated rings. The molecule has 0 aliphatic rings. The van der Waals surface area contributed by atoms with Gasteiger partial charge in [-0.3, -0.25) is 0 Å². The lowest BCUT2D eigenvalue weighted by Crippen LogP contribution is -2.37. The first kappa shape index (κ1) is 14.2. The Hall–Kier alpha value is 0.160. The van der Waals surface area contributed by atoms with E-state index in [0.29, 0.717) is 19.1 Å². The maximum Gasteiger partial charge on any atom is 0.212 e. The van der Waals surface area contributed by atoms with Gasteiger partial charge in [-0.05, 0) is 20.9 Å². The number of rotatable bonds is 7. The zero-order chi connectivity index (χ0) is 11.2. The van der Waals surface area contributed by atoms with Crippen molar-refractivity contribution in [1.82, 2.24) is 9.62 Å². The highest BCUT2D eigenvalue weighted by Crippen LogP contribution is 1.92. The number of sulfonamides is 1. The lowest BCUT2D eigenvalue weighted by atomic mass is 10.3. The van der Waals surface area contributed by atoms with E-state index >= 15 is 0 Å². The third-order valence-corrected chi connectivity index (χ3v) is 3.81. The molecular weight excluding hydrogens is 224 g/mol. The molecule has 0 rings (SSSR count). The molecule has 0 atom stereocenters. The highest BCUT2D eigenvalue weighted by atomic mass is 35.5. The van der Waals surface area contributed by atoms with Crippen LogP contribution >= 0.6 is 11.6 Å². The minimum absolute atomic E-state index is 0.0139. The number of nitrogens with one attached hydrogen (secondary N) is 1. The van der Waals surface area contributed by atoms with Crippen molar-refractivity contribution in [3.8, 4) is 0 Å². The van der Waals surface area contributed by atoms with Crippen LogP contribution in [-0.4, -0.2) is 51.1 Å². The fourth-order valence-electron chi connectivity index (χ4n) is 0.809. The molecule has 0 radical (unpaired) electrons. The molecule has 0 aromatic heterocycles. The van der Waals surface area contributed by atoms with Gasteiger partial charge in [0.05, 0.1) is 5.75 Å². The van der Waals surface area contributed by atoms with Crippen LogP contribution < -0.4 is 4.72 Å². The van der Waals surface area contributed by atoms with E-state index in [-0.39, 0.29) is 11.6 Å². The van der Waals surface area contributed by atoms with Crippen LogP contribution in [0.5, 0.6) is 0 Å². The van der Waals surface area contributed by atoms with Gasteiger partial charge >= 0.3 is 0 Å². The third-order valence-electron chi connectivity index (χ3n) is 2.01. The second-order valence-electron chi connectivity index (χ2n) is 3.48. The average Bonchev–Trinajstić information content (AvgIpc) is 2.03. The van der Waals surface area contributed by atoms with Gasteiger partial charge in [0.2, 0.25) is 10.0 Å². The van der Waals surface area contributed by atoms with Crippen molar-refractivity contribution in [2.75, 3.05) is 31.8 Å². The van der Waals surface area contributed by atoms with Gasteiger partial charge in [0.1, 0.15) is 0 Å². The van der Waals surface area contributed by atoms with Crippen molar-refractivity contribution >= 4 is 21.6 Å². The van der Waals surface area contributed by atoms with E-state index in [0.717, 1.165) is 0 Å². The predicted molar refractivity (Wildman–Crippen MR) is 60.3 cm³/mol. The van der Waals surface area contributed by atoms with Crippen LogP contribution in [0.3, 0.4) is 0 Å². The van der Waals surface area contributed by atoms with E-state index in [9.17, 15) is 8.42 Å². The molecule has 0 saturated carbocycles. The lowest BCUT2D eigenvalue weighted by Gasteiger charge is -2.20. The molecule has 1 N–H and O–H groups in total. The first-order valence-electron chi connectivity index (χ1n) is 4.62. The Labute approximate surface area is 91.7 Å². The van der Waals surface area contributed by atoms with Crippen LogP contribution in [0.15, 0.2) is 0 Å². The fourth-order valence-corrected chi connectivity index (χ4v) is 2.17. The summed E-state index contributed by atoms with van der Waals surface area (Å²) in [5, 5.41) is 0. The molecule has 0 unspecified atom stereocenters. The van der Waals surface area contributed by atoms with Crippen LogP contribution in [0.25, 0.3) is 0 Å². The van der Waals surface area contributed by atoms with Gasteiger partial charge in [-0.2, -0.15) is 0 Å². The molecule has 0 aromatic rings. The largest absolute Gasteiger partial charge is 0.303 e. The molecular formula is C8H19ClN2O2S. The van der Waals surface area contributed by atoms with Gasteiger partial charge in [0.25, 0.3) is 0 Å². The van der Waals surface area contributed by atoms with E-state index in [2.05, 4.69) is 23.5 Å². The lowest BCUT2D eigenvalue weighted by molar-refractivity contribution is 0.278. The quantitative estimate of drug-likeness (QED) is 0.661. The molecule has 14 heavy (non-hydrogen) atoms. The van der Waals surface area contributed by atoms with E-state index in [1.165, 1.54) is 0 Å². The van der Waals surface area contributed by atoms with Crippen molar-refractivity contribution in [3.63, 3.8) is 0 Å². The van der Waals surface area contributed by atoms with Crippen molar-refractivity contribution in [2.24, 2.45) is 0 Å². The highest BCUT2D eigenvalue weighted by molar-refractivity contribution is 7.89. The maximum atomic E-state index is 11.2. The summed E-state index contributed by atoms with van der Waals surface area (Å²) in [5.74, 6) is 0.120. The van der Waals surface area contributed by atoms with Crippen molar-refractivity contribution in [3.05, 3.63) is 0 Å². The topological polar surface area (TPSA) is 49.4 Å². The Kier molecular flexibility index (Phi) is 6.68.